The standard InChI is InChI=1S/C18H33N3/c1-6-12-19-18(15-21(5)14-13-20(3)4)17-10-8-16(7-2)9-11-17/h8-11,18-19H,6-7,12-15H2,1-5H3. The Bertz CT molecular complexity index is 373. The van der Waals surface area contributed by atoms with E-state index < -0.39 is 0 Å². The van der Waals surface area contributed by atoms with Crippen LogP contribution in [0.25, 0.3) is 0 Å². The summed E-state index contributed by atoms with van der Waals surface area (Å²) in [6.45, 7) is 8.76. The van der Waals surface area contributed by atoms with E-state index in [1.54, 1.807) is 0 Å². The normalized spacial score (nSPS) is 13.1. The van der Waals surface area contributed by atoms with Gasteiger partial charge in [0.15, 0.2) is 0 Å². The highest BCUT2D eigenvalue weighted by Gasteiger charge is 2.13. The quantitative estimate of drug-likeness (QED) is 0.715. The average molecular weight is 291 g/mol. The summed E-state index contributed by atoms with van der Waals surface area (Å²) in [5, 5.41) is 3.69. The molecule has 1 atom stereocenters. The summed E-state index contributed by atoms with van der Waals surface area (Å²) in [5.41, 5.74) is 2.81. The first-order chi connectivity index (χ1) is 10.1. The van der Waals surface area contributed by atoms with Crippen LogP contribution in [0.4, 0.5) is 0 Å². The molecule has 21 heavy (non-hydrogen) atoms. The van der Waals surface area contributed by atoms with E-state index in [9.17, 15) is 0 Å². The first-order valence-electron chi connectivity index (χ1n) is 8.22. The SMILES string of the molecule is CCCNC(CN(C)CCN(C)C)c1ccc(CC)cc1. The van der Waals surface area contributed by atoms with Crippen molar-refractivity contribution in [3.63, 3.8) is 0 Å². The molecule has 0 aromatic heterocycles. The van der Waals surface area contributed by atoms with Gasteiger partial charge in [-0.1, -0.05) is 38.1 Å². The summed E-state index contributed by atoms with van der Waals surface area (Å²) >= 11 is 0. The van der Waals surface area contributed by atoms with E-state index in [1.807, 2.05) is 0 Å². The van der Waals surface area contributed by atoms with Crippen molar-refractivity contribution in [1.82, 2.24) is 15.1 Å². The molecule has 0 aliphatic carbocycles. The topological polar surface area (TPSA) is 18.5 Å². The maximum atomic E-state index is 3.69. The fourth-order valence-corrected chi connectivity index (χ4v) is 2.37. The van der Waals surface area contributed by atoms with Gasteiger partial charge in [0.05, 0.1) is 0 Å². The fraction of sp³-hybridized carbons (Fsp3) is 0.667. The van der Waals surface area contributed by atoms with E-state index in [0.29, 0.717) is 6.04 Å². The Morgan fingerprint density at radius 1 is 1.00 bits per heavy atom. The van der Waals surface area contributed by atoms with Crippen molar-refractivity contribution in [1.29, 1.82) is 0 Å². The molecule has 120 valence electrons. The highest BCUT2D eigenvalue weighted by molar-refractivity contribution is 5.25. The molecule has 1 aromatic carbocycles. The van der Waals surface area contributed by atoms with Crippen molar-refractivity contribution in [3.05, 3.63) is 35.4 Å². The smallest absolute Gasteiger partial charge is 0.0449 e. The summed E-state index contributed by atoms with van der Waals surface area (Å²) in [4.78, 5) is 4.65. The minimum Gasteiger partial charge on any atom is -0.309 e. The van der Waals surface area contributed by atoms with Crippen molar-refractivity contribution in [2.45, 2.75) is 32.7 Å². The van der Waals surface area contributed by atoms with E-state index >= 15 is 0 Å². The molecule has 1 aromatic rings. The van der Waals surface area contributed by atoms with Gasteiger partial charge in [-0.05, 0) is 51.7 Å². The van der Waals surface area contributed by atoms with E-state index in [4.69, 9.17) is 0 Å². The molecular formula is C18H33N3. The predicted molar refractivity (Wildman–Crippen MR) is 92.9 cm³/mol. The van der Waals surface area contributed by atoms with Crippen LogP contribution < -0.4 is 5.32 Å². The molecule has 1 unspecified atom stereocenters. The van der Waals surface area contributed by atoms with Crippen LogP contribution in [-0.4, -0.2) is 57.1 Å². The molecule has 1 rings (SSSR count). The second kappa shape index (κ2) is 9.93. The fourth-order valence-electron chi connectivity index (χ4n) is 2.37. The molecule has 0 spiro atoms. The number of aryl methyl sites for hydroxylation is 1. The van der Waals surface area contributed by atoms with Gasteiger partial charge in [0.25, 0.3) is 0 Å². The van der Waals surface area contributed by atoms with Gasteiger partial charge in [0, 0.05) is 25.7 Å². The van der Waals surface area contributed by atoms with Crippen molar-refractivity contribution in [2.24, 2.45) is 0 Å². The molecule has 0 radical (unpaired) electrons. The first-order valence-corrected chi connectivity index (χ1v) is 8.22. The maximum absolute atomic E-state index is 3.69. The van der Waals surface area contributed by atoms with E-state index in [1.165, 1.54) is 17.5 Å². The van der Waals surface area contributed by atoms with E-state index in [-0.39, 0.29) is 0 Å². The van der Waals surface area contributed by atoms with Crippen molar-refractivity contribution < 1.29 is 0 Å². The van der Waals surface area contributed by atoms with Gasteiger partial charge >= 0.3 is 0 Å². The van der Waals surface area contributed by atoms with E-state index in [2.05, 4.69) is 74.4 Å². The van der Waals surface area contributed by atoms with Crippen molar-refractivity contribution >= 4 is 0 Å². The molecule has 0 saturated heterocycles. The Hall–Kier alpha value is -0.900. The molecule has 3 nitrogen and oxygen atoms in total. The number of hydrogen-bond acceptors (Lipinski definition) is 3. The molecule has 0 saturated carbocycles. The molecular weight excluding hydrogens is 258 g/mol. The highest BCUT2D eigenvalue weighted by atomic mass is 15.2. The maximum Gasteiger partial charge on any atom is 0.0449 e. The van der Waals surface area contributed by atoms with Gasteiger partial charge in [0.2, 0.25) is 0 Å². The Balaban J connectivity index is 2.65. The number of hydrogen-bond donors (Lipinski definition) is 1. The van der Waals surface area contributed by atoms with E-state index in [0.717, 1.165) is 32.6 Å². The van der Waals surface area contributed by atoms with Crippen molar-refractivity contribution in [3.8, 4) is 0 Å². The Kier molecular flexibility index (Phi) is 8.58. The molecule has 1 N–H and O–H groups in total. The van der Waals surface area contributed by atoms with Gasteiger partial charge in [-0.3, -0.25) is 0 Å². The third-order valence-corrected chi connectivity index (χ3v) is 3.85. The molecule has 0 aliphatic rings. The largest absolute Gasteiger partial charge is 0.309 e. The lowest BCUT2D eigenvalue weighted by Gasteiger charge is -2.26. The number of nitrogens with one attached hydrogen (secondary N) is 1. The average Bonchev–Trinajstić information content (AvgIpc) is 2.49. The van der Waals surface area contributed by atoms with Crippen LogP contribution >= 0.6 is 0 Å². The van der Waals surface area contributed by atoms with Crippen LogP contribution in [0.2, 0.25) is 0 Å². The van der Waals surface area contributed by atoms with Gasteiger partial charge in [0.1, 0.15) is 0 Å². The predicted octanol–water partition coefficient (Wildman–Crippen LogP) is 2.78. The van der Waals surface area contributed by atoms with Crippen LogP contribution in [-0.2, 0) is 6.42 Å². The van der Waals surface area contributed by atoms with Crippen LogP contribution in [0.5, 0.6) is 0 Å². The molecule has 0 fully saturated rings. The van der Waals surface area contributed by atoms with Crippen LogP contribution in [0, 0.1) is 0 Å². The number of rotatable bonds is 10. The molecule has 0 aliphatic heterocycles. The highest BCUT2D eigenvalue weighted by Crippen LogP contribution is 2.15. The summed E-state index contributed by atoms with van der Waals surface area (Å²) in [6, 6.07) is 9.51. The zero-order valence-corrected chi connectivity index (χ0v) is 14.5. The summed E-state index contributed by atoms with van der Waals surface area (Å²) in [5.74, 6) is 0. The second-order valence-corrected chi connectivity index (χ2v) is 6.17. The summed E-state index contributed by atoms with van der Waals surface area (Å²) in [7, 11) is 6.47. The number of nitrogens with zero attached hydrogens (tertiary/aromatic N) is 2. The third-order valence-electron chi connectivity index (χ3n) is 3.85. The lowest BCUT2D eigenvalue weighted by atomic mass is 10.0. The Morgan fingerprint density at radius 2 is 1.67 bits per heavy atom. The minimum atomic E-state index is 0.419. The summed E-state index contributed by atoms with van der Waals surface area (Å²) < 4.78 is 0. The number of benzene rings is 1. The molecule has 3 heteroatoms. The van der Waals surface area contributed by atoms with Crippen LogP contribution in [0.3, 0.4) is 0 Å². The van der Waals surface area contributed by atoms with Crippen LogP contribution in [0.15, 0.2) is 24.3 Å². The Morgan fingerprint density at radius 3 is 2.19 bits per heavy atom. The lowest BCUT2D eigenvalue weighted by Crippen LogP contribution is -2.36. The number of likely N-dealkylation sites (N-methyl/N-ethyl adjacent to an activating group) is 2. The summed E-state index contributed by atoms with van der Waals surface area (Å²) in [6.07, 6.45) is 2.28. The molecule has 0 heterocycles. The zero-order valence-electron chi connectivity index (χ0n) is 14.5. The third kappa shape index (κ3) is 7.07. The lowest BCUT2D eigenvalue weighted by molar-refractivity contribution is 0.256. The van der Waals surface area contributed by atoms with Crippen molar-refractivity contribution in [2.75, 3.05) is 47.3 Å². The second-order valence-electron chi connectivity index (χ2n) is 6.17. The van der Waals surface area contributed by atoms with Crippen LogP contribution in [0.1, 0.15) is 37.4 Å². The first kappa shape index (κ1) is 18.1. The van der Waals surface area contributed by atoms with Gasteiger partial charge in [-0.15, -0.1) is 0 Å². The Labute approximate surface area is 131 Å². The van der Waals surface area contributed by atoms with Gasteiger partial charge < -0.3 is 15.1 Å². The minimum absolute atomic E-state index is 0.419. The van der Waals surface area contributed by atoms with Gasteiger partial charge in [-0.25, -0.2) is 0 Å². The zero-order chi connectivity index (χ0) is 15.7. The van der Waals surface area contributed by atoms with Gasteiger partial charge in [-0.2, -0.15) is 0 Å². The molecule has 0 bridgehead atoms. The molecule has 0 amide bonds. The monoisotopic (exact) mass is 291 g/mol.